The number of Topliss-reactive ketones (excluding diaryl/α,β-unsaturated/α-hetero) is 1. The van der Waals surface area contributed by atoms with Gasteiger partial charge in [0.15, 0.2) is 5.78 Å². The molecular formula is C20H34O. The highest BCUT2D eigenvalue weighted by Gasteiger charge is 2.36. The van der Waals surface area contributed by atoms with Gasteiger partial charge in [-0.05, 0) is 49.8 Å². The summed E-state index contributed by atoms with van der Waals surface area (Å²) in [6.45, 7) is 11.0. The Morgan fingerprint density at radius 1 is 0.857 bits per heavy atom. The van der Waals surface area contributed by atoms with Crippen LogP contribution in [0.25, 0.3) is 0 Å². The molecule has 0 saturated heterocycles. The zero-order valence-corrected chi connectivity index (χ0v) is 14.8. The Labute approximate surface area is 131 Å². The van der Waals surface area contributed by atoms with Crippen molar-refractivity contribution in [2.24, 2.45) is 5.92 Å². The minimum absolute atomic E-state index is 0.176. The average Bonchev–Trinajstić information content (AvgIpc) is 2.70. The Balaban J connectivity index is 2.96. The maximum absolute atomic E-state index is 12.9. The maximum atomic E-state index is 12.9. The predicted octanol–water partition coefficient (Wildman–Crippen LogP) is 6.39. The molecule has 120 valence electrons. The molecule has 1 atom stereocenters. The predicted molar refractivity (Wildman–Crippen MR) is 92.5 cm³/mol. The van der Waals surface area contributed by atoms with Crippen LogP contribution in [-0.4, -0.2) is 5.78 Å². The summed E-state index contributed by atoms with van der Waals surface area (Å²) in [6, 6.07) is 0. The maximum Gasteiger partial charge on any atom is 0.166 e. The number of hydrogen-bond acceptors (Lipinski definition) is 1. The second-order valence-corrected chi connectivity index (χ2v) is 6.64. The SMILES string of the molecule is CCCCCCC1C(=O)C(CCC)=C(CCC)C1=C(C)C. The highest BCUT2D eigenvalue weighted by atomic mass is 16.1. The van der Waals surface area contributed by atoms with Gasteiger partial charge in [-0.1, -0.05) is 64.9 Å². The van der Waals surface area contributed by atoms with Crippen molar-refractivity contribution in [1.29, 1.82) is 0 Å². The van der Waals surface area contributed by atoms with Crippen LogP contribution in [0, 0.1) is 5.92 Å². The van der Waals surface area contributed by atoms with E-state index in [0.717, 1.165) is 37.7 Å². The van der Waals surface area contributed by atoms with Gasteiger partial charge in [0.1, 0.15) is 0 Å². The largest absolute Gasteiger partial charge is 0.294 e. The van der Waals surface area contributed by atoms with Gasteiger partial charge in [-0.2, -0.15) is 0 Å². The van der Waals surface area contributed by atoms with E-state index in [4.69, 9.17) is 0 Å². The first-order valence-electron chi connectivity index (χ1n) is 9.02. The molecule has 0 radical (unpaired) electrons. The van der Waals surface area contributed by atoms with Crippen LogP contribution in [-0.2, 0) is 4.79 Å². The number of hydrogen-bond donors (Lipinski definition) is 0. The van der Waals surface area contributed by atoms with Crippen LogP contribution in [0.3, 0.4) is 0 Å². The first-order chi connectivity index (χ1) is 10.1. The third-order valence-corrected chi connectivity index (χ3v) is 4.54. The number of rotatable bonds is 9. The Morgan fingerprint density at radius 3 is 2.00 bits per heavy atom. The van der Waals surface area contributed by atoms with Crippen LogP contribution in [0.15, 0.2) is 22.3 Å². The molecule has 0 N–H and O–H groups in total. The normalized spacial score (nSPS) is 18.8. The van der Waals surface area contributed by atoms with Crippen LogP contribution in [0.1, 0.15) is 92.4 Å². The third kappa shape index (κ3) is 4.56. The molecule has 0 aromatic carbocycles. The van der Waals surface area contributed by atoms with Crippen LogP contribution < -0.4 is 0 Å². The Hall–Kier alpha value is -0.850. The van der Waals surface area contributed by atoms with Crippen molar-refractivity contribution in [3.05, 3.63) is 22.3 Å². The molecule has 1 unspecified atom stereocenters. The van der Waals surface area contributed by atoms with Crippen molar-refractivity contribution in [3.8, 4) is 0 Å². The third-order valence-electron chi connectivity index (χ3n) is 4.54. The molecule has 1 nitrogen and oxygen atoms in total. The molecule has 0 bridgehead atoms. The molecule has 0 amide bonds. The summed E-state index contributed by atoms with van der Waals surface area (Å²) in [5, 5.41) is 0. The summed E-state index contributed by atoms with van der Waals surface area (Å²) in [7, 11) is 0. The van der Waals surface area contributed by atoms with Gasteiger partial charge in [-0.3, -0.25) is 4.79 Å². The van der Waals surface area contributed by atoms with E-state index in [-0.39, 0.29) is 5.92 Å². The van der Waals surface area contributed by atoms with Crippen LogP contribution in [0.5, 0.6) is 0 Å². The second-order valence-electron chi connectivity index (χ2n) is 6.64. The molecule has 0 fully saturated rings. The molecule has 1 heteroatoms. The van der Waals surface area contributed by atoms with Gasteiger partial charge < -0.3 is 0 Å². The van der Waals surface area contributed by atoms with Gasteiger partial charge in [-0.25, -0.2) is 0 Å². The van der Waals surface area contributed by atoms with Gasteiger partial charge in [0.2, 0.25) is 0 Å². The summed E-state index contributed by atoms with van der Waals surface area (Å²) in [6.07, 6.45) is 10.3. The highest BCUT2D eigenvalue weighted by Crippen LogP contribution is 2.42. The molecule has 0 saturated carbocycles. The van der Waals surface area contributed by atoms with Gasteiger partial charge in [0.05, 0.1) is 0 Å². The molecule has 0 aliphatic heterocycles. The van der Waals surface area contributed by atoms with E-state index in [2.05, 4.69) is 34.6 Å². The zero-order chi connectivity index (χ0) is 15.8. The lowest BCUT2D eigenvalue weighted by molar-refractivity contribution is -0.117. The minimum Gasteiger partial charge on any atom is -0.294 e. The highest BCUT2D eigenvalue weighted by molar-refractivity contribution is 6.04. The molecule has 21 heavy (non-hydrogen) atoms. The molecule has 0 spiro atoms. The summed E-state index contributed by atoms with van der Waals surface area (Å²) < 4.78 is 0. The Morgan fingerprint density at radius 2 is 1.48 bits per heavy atom. The first kappa shape index (κ1) is 18.2. The topological polar surface area (TPSA) is 17.1 Å². The lowest BCUT2D eigenvalue weighted by atomic mass is 9.88. The zero-order valence-electron chi connectivity index (χ0n) is 14.8. The van der Waals surface area contributed by atoms with Gasteiger partial charge in [0.25, 0.3) is 0 Å². The van der Waals surface area contributed by atoms with Crippen molar-refractivity contribution < 1.29 is 4.79 Å². The average molecular weight is 290 g/mol. The van der Waals surface area contributed by atoms with Gasteiger partial charge in [-0.15, -0.1) is 0 Å². The summed E-state index contributed by atoms with van der Waals surface area (Å²) in [5.74, 6) is 0.628. The van der Waals surface area contributed by atoms with E-state index < -0.39 is 0 Å². The van der Waals surface area contributed by atoms with Gasteiger partial charge >= 0.3 is 0 Å². The molecule has 1 rings (SSSR count). The number of ketones is 1. The van der Waals surface area contributed by atoms with E-state index in [0.29, 0.717) is 5.78 Å². The summed E-state index contributed by atoms with van der Waals surface area (Å²) in [4.78, 5) is 12.9. The molecule has 1 aliphatic carbocycles. The molecule has 0 heterocycles. The number of carbonyl (C=O) groups is 1. The number of carbonyl (C=O) groups excluding carboxylic acids is 1. The minimum atomic E-state index is 0.176. The standard InChI is InChI=1S/C20H34O/c1-6-9-10-11-14-18-19(15(4)5)16(12-7-2)17(13-8-3)20(18)21/h18H,6-14H2,1-5H3. The second kappa shape index (κ2) is 9.23. The Bertz CT molecular complexity index is 408. The van der Waals surface area contributed by atoms with Crippen molar-refractivity contribution in [2.45, 2.75) is 92.4 Å². The van der Waals surface area contributed by atoms with Crippen LogP contribution in [0.2, 0.25) is 0 Å². The van der Waals surface area contributed by atoms with Crippen molar-refractivity contribution in [1.82, 2.24) is 0 Å². The number of unbranched alkanes of at least 4 members (excludes halogenated alkanes) is 3. The lowest BCUT2D eigenvalue weighted by Crippen LogP contribution is -2.12. The quantitative estimate of drug-likeness (QED) is 0.450. The smallest absolute Gasteiger partial charge is 0.166 e. The van der Waals surface area contributed by atoms with E-state index in [1.165, 1.54) is 42.4 Å². The number of allylic oxidation sites excluding steroid dienone is 4. The first-order valence-corrected chi connectivity index (χ1v) is 9.02. The monoisotopic (exact) mass is 290 g/mol. The van der Waals surface area contributed by atoms with E-state index in [1.54, 1.807) is 0 Å². The van der Waals surface area contributed by atoms with E-state index in [9.17, 15) is 4.79 Å². The van der Waals surface area contributed by atoms with Crippen LogP contribution >= 0.6 is 0 Å². The lowest BCUT2D eigenvalue weighted by Gasteiger charge is -2.15. The molecular weight excluding hydrogens is 256 g/mol. The fourth-order valence-electron chi connectivity index (χ4n) is 3.62. The molecule has 0 aromatic heterocycles. The molecule has 0 aromatic rings. The van der Waals surface area contributed by atoms with Gasteiger partial charge in [0, 0.05) is 5.92 Å². The summed E-state index contributed by atoms with van der Waals surface area (Å²) >= 11 is 0. The summed E-state index contributed by atoms with van der Waals surface area (Å²) in [5.41, 5.74) is 5.33. The fourth-order valence-corrected chi connectivity index (χ4v) is 3.62. The van der Waals surface area contributed by atoms with Crippen molar-refractivity contribution in [3.63, 3.8) is 0 Å². The van der Waals surface area contributed by atoms with Crippen molar-refractivity contribution >= 4 is 5.78 Å². The molecule has 1 aliphatic rings. The van der Waals surface area contributed by atoms with Crippen molar-refractivity contribution in [2.75, 3.05) is 0 Å². The van der Waals surface area contributed by atoms with E-state index in [1.807, 2.05) is 0 Å². The fraction of sp³-hybridized carbons (Fsp3) is 0.750. The Kier molecular flexibility index (Phi) is 8.00. The van der Waals surface area contributed by atoms with Crippen LogP contribution in [0.4, 0.5) is 0 Å². The van der Waals surface area contributed by atoms with E-state index >= 15 is 0 Å².